The molecule has 0 bridgehead atoms. The zero-order chi connectivity index (χ0) is 17.3. The van der Waals surface area contributed by atoms with Crippen LogP contribution < -0.4 is 10.1 Å². The number of nitro groups is 1. The monoisotopic (exact) mass is 348 g/mol. The molecule has 126 valence electrons. The number of nitro benzene ring substituents is 1. The maximum atomic E-state index is 10.9. The zero-order valence-corrected chi connectivity index (χ0v) is 14.0. The van der Waals surface area contributed by atoms with Gasteiger partial charge in [0.25, 0.3) is 5.69 Å². The number of benzene rings is 2. The molecule has 0 saturated carbocycles. The molecule has 0 aliphatic carbocycles. The Kier molecular flexibility index (Phi) is 4.59. The highest BCUT2D eigenvalue weighted by Gasteiger charge is 2.40. The van der Waals surface area contributed by atoms with Crippen LogP contribution in [0.5, 0.6) is 5.75 Å². The van der Waals surface area contributed by atoms with Crippen LogP contribution in [0.3, 0.4) is 0 Å². The molecule has 3 rings (SSSR count). The Morgan fingerprint density at radius 2 is 2.08 bits per heavy atom. The lowest BCUT2D eigenvalue weighted by molar-refractivity contribution is -0.384. The lowest BCUT2D eigenvalue weighted by atomic mass is 10.1. The summed E-state index contributed by atoms with van der Waals surface area (Å²) in [4.78, 5) is 10.4. The number of ether oxygens (including phenoxy) is 2. The van der Waals surface area contributed by atoms with E-state index in [4.69, 9.17) is 21.1 Å². The Hall–Kier alpha value is -2.31. The van der Waals surface area contributed by atoms with Crippen LogP contribution in [-0.2, 0) is 4.74 Å². The first-order valence-electron chi connectivity index (χ1n) is 7.50. The molecule has 0 amide bonds. The van der Waals surface area contributed by atoms with E-state index in [9.17, 15) is 10.1 Å². The van der Waals surface area contributed by atoms with Gasteiger partial charge in [-0.05, 0) is 37.6 Å². The van der Waals surface area contributed by atoms with Gasteiger partial charge in [0.1, 0.15) is 23.5 Å². The summed E-state index contributed by atoms with van der Waals surface area (Å²) in [5.74, 6) is 0.831. The molecule has 0 spiro atoms. The topological polar surface area (TPSA) is 76.9 Å². The molecular weight excluding hydrogens is 332 g/mol. The number of epoxide rings is 1. The number of halogens is 1. The van der Waals surface area contributed by atoms with Gasteiger partial charge in [-0.2, -0.15) is 0 Å². The second kappa shape index (κ2) is 6.67. The molecule has 1 fully saturated rings. The van der Waals surface area contributed by atoms with E-state index in [1.807, 2.05) is 26.0 Å². The minimum atomic E-state index is -0.512. The molecule has 2 unspecified atom stereocenters. The molecule has 1 aliphatic rings. The Labute approximate surface area is 144 Å². The first-order valence-corrected chi connectivity index (χ1v) is 7.88. The summed E-state index contributed by atoms with van der Waals surface area (Å²) in [7, 11) is 0. The van der Waals surface area contributed by atoms with E-state index in [0.717, 1.165) is 11.3 Å². The lowest BCUT2D eigenvalue weighted by Crippen LogP contribution is -2.13. The van der Waals surface area contributed by atoms with Gasteiger partial charge in [-0.25, -0.2) is 0 Å². The molecule has 2 aromatic rings. The van der Waals surface area contributed by atoms with E-state index in [0.29, 0.717) is 12.3 Å². The smallest absolute Gasteiger partial charge is 0.289 e. The summed E-state index contributed by atoms with van der Waals surface area (Å²) in [6.45, 7) is 4.45. The predicted molar refractivity (Wildman–Crippen MR) is 91.8 cm³/mol. The minimum Gasteiger partial charge on any atom is -0.490 e. The molecule has 2 atom stereocenters. The van der Waals surface area contributed by atoms with Gasteiger partial charge in [0.05, 0.1) is 4.92 Å². The van der Waals surface area contributed by atoms with Crippen LogP contribution in [0.2, 0.25) is 5.02 Å². The number of nitrogens with one attached hydrogen (secondary N) is 1. The van der Waals surface area contributed by atoms with Crippen LogP contribution in [0.15, 0.2) is 36.4 Å². The number of nitrogens with zero attached hydrogens (tertiary/aromatic N) is 1. The van der Waals surface area contributed by atoms with Crippen molar-refractivity contribution >= 4 is 23.0 Å². The molecule has 1 aliphatic heterocycles. The number of hydrogen-bond donors (Lipinski definition) is 1. The summed E-state index contributed by atoms with van der Waals surface area (Å²) in [6, 6.07) is 10.6. The van der Waals surface area contributed by atoms with Crippen molar-refractivity contribution in [3.8, 4) is 5.75 Å². The molecule has 1 N–H and O–H groups in total. The second-order valence-corrected chi connectivity index (χ2v) is 6.15. The Morgan fingerprint density at radius 3 is 2.79 bits per heavy atom. The summed E-state index contributed by atoms with van der Waals surface area (Å²) in [6.07, 6.45) is -0.322. The minimum absolute atomic E-state index is 0.0968. The third kappa shape index (κ3) is 3.77. The van der Waals surface area contributed by atoms with Crippen LogP contribution in [0.4, 0.5) is 11.4 Å². The molecule has 0 radical (unpaired) electrons. The summed E-state index contributed by atoms with van der Waals surface area (Å²) in [5.41, 5.74) is 2.72. The molecule has 2 aromatic carbocycles. The average molecular weight is 349 g/mol. The molecule has 1 heterocycles. The summed E-state index contributed by atoms with van der Waals surface area (Å²) >= 11 is 5.79. The molecule has 24 heavy (non-hydrogen) atoms. The fourth-order valence-corrected chi connectivity index (χ4v) is 2.62. The third-order valence-corrected chi connectivity index (χ3v) is 4.09. The normalized spacial score (nSPS) is 19.0. The Bertz CT molecular complexity index is 781. The van der Waals surface area contributed by atoms with E-state index in [1.165, 1.54) is 17.7 Å². The van der Waals surface area contributed by atoms with Gasteiger partial charge in [0, 0.05) is 11.8 Å². The largest absolute Gasteiger partial charge is 0.490 e. The first kappa shape index (κ1) is 16.5. The standard InChI is InChI=1S/C17H17ClN2O4/c1-10-3-6-15(11(2)7-10)23-9-16-17(24-16)19-12-4-5-13(18)14(8-12)20(21)22/h3-8,16-17,19H,9H2,1-2H3. The molecular formula is C17H17ClN2O4. The van der Waals surface area contributed by atoms with Crippen molar-refractivity contribution in [3.05, 3.63) is 62.7 Å². The van der Waals surface area contributed by atoms with E-state index in [1.54, 1.807) is 6.07 Å². The Morgan fingerprint density at radius 1 is 1.29 bits per heavy atom. The number of aryl methyl sites for hydroxylation is 2. The number of hydrogen-bond acceptors (Lipinski definition) is 5. The van der Waals surface area contributed by atoms with Crippen molar-refractivity contribution < 1.29 is 14.4 Å². The fourth-order valence-electron chi connectivity index (χ4n) is 2.44. The van der Waals surface area contributed by atoms with Gasteiger partial charge in [-0.15, -0.1) is 0 Å². The van der Waals surface area contributed by atoms with Crippen LogP contribution in [0.25, 0.3) is 0 Å². The van der Waals surface area contributed by atoms with Crippen LogP contribution >= 0.6 is 11.6 Å². The maximum Gasteiger partial charge on any atom is 0.289 e. The van der Waals surface area contributed by atoms with Gasteiger partial charge in [0.2, 0.25) is 0 Å². The zero-order valence-electron chi connectivity index (χ0n) is 13.3. The van der Waals surface area contributed by atoms with Gasteiger partial charge in [-0.3, -0.25) is 10.1 Å². The SMILES string of the molecule is Cc1ccc(OCC2OC2Nc2ccc(Cl)c([N+](=O)[O-])c2)c(C)c1. The van der Waals surface area contributed by atoms with Crippen LogP contribution in [-0.4, -0.2) is 23.9 Å². The lowest BCUT2D eigenvalue weighted by Gasteiger charge is -2.08. The number of rotatable bonds is 6. The summed E-state index contributed by atoms with van der Waals surface area (Å²) < 4.78 is 11.3. The van der Waals surface area contributed by atoms with Gasteiger partial charge >= 0.3 is 0 Å². The van der Waals surface area contributed by atoms with Crippen molar-refractivity contribution in [2.75, 3.05) is 11.9 Å². The number of anilines is 1. The molecule has 1 saturated heterocycles. The highest BCUT2D eigenvalue weighted by molar-refractivity contribution is 6.32. The van der Waals surface area contributed by atoms with Crippen LogP contribution in [0.1, 0.15) is 11.1 Å². The molecule has 6 nitrogen and oxygen atoms in total. The van der Waals surface area contributed by atoms with Gasteiger partial charge in [-0.1, -0.05) is 29.3 Å². The fraction of sp³-hybridized carbons (Fsp3) is 0.294. The molecule has 0 aromatic heterocycles. The van der Waals surface area contributed by atoms with Crippen molar-refractivity contribution in [1.29, 1.82) is 0 Å². The average Bonchev–Trinajstić information content (AvgIpc) is 3.26. The first-order chi connectivity index (χ1) is 11.4. The summed E-state index contributed by atoms with van der Waals surface area (Å²) in [5, 5.41) is 14.1. The van der Waals surface area contributed by atoms with Crippen molar-refractivity contribution in [1.82, 2.24) is 0 Å². The predicted octanol–water partition coefficient (Wildman–Crippen LogP) is 4.08. The van der Waals surface area contributed by atoms with Crippen LogP contribution in [0, 0.1) is 24.0 Å². The van der Waals surface area contributed by atoms with E-state index in [2.05, 4.69) is 11.4 Å². The quantitative estimate of drug-likeness (QED) is 0.483. The van der Waals surface area contributed by atoms with Crippen molar-refractivity contribution in [3.63, 3.8) is 0 Å². The Balaban J connectivity index is 1.55. The van der Waals surface area contributed by atoms with Gasteiger partial charge < -0.3 is 14.8 Å². The van der Waals surface area contributed by atoms with E-state index < -0.39 is 4.92 Å². The highest BCUT2D eigenvalue weighted by atomic mass is 35.5. The van der Waals surface area contributed by atoms with E-state index in [-0.39, 0.29) is 23.0 Å². The van der Waals surface area contributed by atoms with Crippen molar-refractivity contribution in [2.24, 2.45) is 0 Å². The van der Waals surface area contributed by atoms with Crippen molar-refractivity contribution in [2.45, 2.75) is 26.2 Å². The van der Waals surface area contributed by atoms with E-state index >= 15 is 0 Å². The highest BCUT2D eigenvalue weighted by Crippen LogP contribution is 2.31. The van der Waals surface area contributed by atoms with Gasteiger partial charge in [0.15, 0.2) is 6.23 Å². The third-order valence-electron chi connectivity index (χ3n) is 3.77. The second-order valence-electron chi connectivity index (χ2n) is 5.74. The maximum absolute atomic E-state index is 10.9. The molecule has 7 heteroatoms.